The van der Waals surface area contributed by atoms with Crippen LogP contribution in [0.4, 0.5) is 26.3 Å². The van der Waals surface area contributed by atoms with Crippen molar-refractivity contribution in [3.8, 4) is 11.1 Å². The number of hydrogen-bond acceptors (Lipinski definition) is 4. The Morgan fingerprint density at radius 1 is 0.622 bits per heavy atom. The Bertz CT molecular complexity index is 1180. The third-order valence-electron chi connectivity index (χ3n) is 4.56. The van der Waals surface area contributed by atoms with E-state index in [9.17, 15) is 43.2 Å². The summed E-state index contributed by atoms with van der Waals surface area (Å²) in [7, 11) is -14.2. The summed E-state index contributed by atoms with van der Waals surface area (Å²) < 4.78 is 109. The van der Waals surface area contributed by atoms with Crippen LogP contribution in [0.1, 0.15) is 41.5 Å². The first-order valence-electron chi connectivity index (χ1n) is 10.3. The van der Waals surface area contributed by atoms with E-state index in [0.717, 1.165) is 4.13 Å². The average molecular weight is 777 g/mol. The van der Waals surface area contributed by atoms with Gasteiger partial charge in [0.05, 0.1) is 10.3 Å². The molecule has 2 aromatic rings. The fourth-order valence-corrected chi connectivity index (χ4v) is 10.1. The van der Waals surface area contributed by atoms with Crippen LogP contribution in [0, 0.1) is 0 Å². The predicted octanol–water partition coefficient (Wildman–Crippen LogP) is 6.85. The van der Waals surface area contributed by atoms with Crippen LogP contribution in [-0.2, 0) is 42.4 Å². The molecule has 2 aromatic carbocycles. The molecule has 0 bridgehead atoms. The monoisotopic (exact) mass is 776 g/mol. The molecule has 0 aliphatic rings. The first-order chi connectivity index (χ1) is 15.9. The standard InChI is InChI=1S/C20H27P.C2F6NO4S2.Au/c1-19(2,3)21(20(4,5)6)18-15-11-10-14-17(18)16-12-8-7-9-13-16;3-1(4,5)14(10,11)9-15(12,13)2(6,7)8;/h7-15H,1-6H3;;/q;-1;/p+1. The normalized spacial score (nSPS) is 13.4. The van der Waals surface area contributed by atoms with E-state index in [1.807, 2.05) is 0 Å². The van der Waals surface area contributed by atoms with Crippen LogP contribution in [0.15, 0.2) is 54.6 Å². The third-order valence-corrected chi connectivity index (χ3v) is 11.3. The second-order valence-corrected chi connectivity index (χ2v) is 17.4. The van der Waals surface area contributed by atoms with Gasteiger partial charge in [-0.15, -0.1) is 0 Å². The van der Waals surface area contributed by atoms with Crippen LogP contribution in [0.2, 0.25) is 0 Å². The summed E-state index contributed by atoms with van der Waals surface area (Å²) in [5.74, 6) is 0. The maximum absolute atomic E-state index is 11.4. The Balaban J connectivity index is 0.000000724. The van der Waals surface area contributed by atoms with Gasteiger partial charge in [-0.05, 0) is 53.2 Å². The molecule has 5 nitrogen and oxygen atoms in total. The van der Waals surface area contributed by atoms with E-state index >= 15 is 0 Å². The minimum Gasteiger partial charge on any atom is -0.421 e. The van der Waals surface area contributed by atoms with Crippen LogP contribution < -0.4 is 5.30 Å². The van der Waals surface area contributed by atoms with E-state index in [1.165, 1.54) is 11.1 Å². The van der Waals surface area contributed by atoms with E-state index in [0.29, 0.717) is 10.3 Å². The van der Waals surface area contributed by atoms with Gasteiger partial charge >= 0.3 is 11.0 Å². The summed E-state index contributed by atoms with van der Waals surface area (Å²) in [4.78, 5) is 0. The van der Waals surface area contributed by atoms with Gasteiger partial charge in [-0.3, -0.25) is 0 Å². The van der Waals surface area contributed by atoms with Crippen LogP contribution in [0.25, 0.3) is 15.3 Å². The molecule has 0 aliphatic heterocycles. The molecule has 0 spiro atoms. The number of halogens is 6. The molecule has 0 aromatic heterocycles. The molecule has 37 heavy (non-hydrogen) atoms. The average Bonchev–Trinajstić information content (AvgIpc) is 2.65. The van der Waals surface area contributed by atoms with Crippen molar-refractivity contribution < 1.29 is 65.6 Å². The van der Waals surface area contributed by atoms with Gasteiger partial charge in [0.2, 0.25) is 0 Å². The maximum Gasteiger partial charge on any atom is 0.480 e. The van der Waals surface area contributed by atoms with E-state index < -0.39 is 39.0 Å². The van der Waals surface area contributed by atoms with Crippen molar-refractivity contribution in [2.75, 3.05) is 0 Å². The van der Waals surface area contributed by atoms with Gasteiger partial charge in [0.15, 0.2) is 20.0 Å². The Hall–Kier alpha value is -0.950. The quantitative estimate of drug-likeness (QED) is 0.194. The van der Waals surface area contributed by atoms with Gasteiger partial charge in [0, 0.05) is 35.9 Å². The molecule has 0 saturated carbocycles. The molecule has 0 atom stereocenters. The van der Waals surface area contributed by atoms with Crippen molar-refractivity contribution in [2.45, 2.75) is 62.9 Å². The van der Waals surface area contributed by atoms with Crippen molar-refractivity contribution in [2.24, 2.45) is 0 Å². The molecule has 215 valence electrons. The molecular weight excluding hydrogens is 748 g/mol. The minimum atomic E-state index is -6.72. The zero-order valence-electron chi connectivity index (χ0n) is 20.7. The van der Waals surface area contributed by atoms with Gasteiger partial charge in [-0.25, -0.2) is 16.8 Å². The molecule has 0 amide bonds. The van der Waals surface area contributed by atoms with Crippen molar-refractivity contribution in [1.29, 1.82) is 0 Å². The Labute approximate surface area is 230 Å². The van der Waals surface area contributed by atoms with Crippen molar-refractivity contribution in [3.05, 3.63) is 58.7 Å². The van der Waals surface area contributed by atoms with Gasteiger partial charge in [-0.1, -0.05) is 48.5 Å². The zero-order chi connectivity index (χ0) is 28.4. The van der Waals surface area contributed by atoms with E-state index in [1.54, 1.807) is 5.30 Å². The molecule has 0 N–H and O–H groups in total. The summed E-state index contributed by atoms with van der Waals surface area (Å²) in [5.41, 5.74) is -9.66. The summed E-state index contributed by atoms with van der Waals surface area (Å²) in [5, 5.41) is 2.22. The second kappa shape index (κ2) is 12.5. The molecule has 15 heteroatoms. The number of hydrogen-bond donors (Lipinski definition) is 0. The smallest absolute Gasteiger partial charge is 0.421 e. The summed E-state index contributed by atoms with van der Waals surface area (Å²) in [6.07, 6.45) is 0. The van der Waals surface area contributed by atoms with Crippen molar-refractivity contribution >= 4 is 33.3 Å². The number of sulfonamides is 2. The van der Waals surface area contributed by atoms with Crippen LogP contribution in [0.3, 0.4) is 0 Å². The van der Waals surface area contributed by atoms with Gasteiger partial charge < -0.3 is 4.13 Å². The molecular formula is C22H28AuF6NO4PS2. The molecule has 0 saturated heterocycles. The Morgan fingerprint density at radius 3 is 1.32 bits per heavy atom. The Morgan fingerprint density at radius 2 is 0.973 bits per heavy atom. The summed E-state index contributed by atoms with van der Waals surface area (Å²) >= 11 is 0. The predicted molar refractivity (Wildman–Crippen MR) is 133 cm³/mol. The molecule has 0 heterocycles. The summed E-state index contributed by atoms with van der Waals surface area (Å²) in [6, 6.07) is 19.8. The topological polar surface area (TPSA) is 82.4 Å². The molecule has 1 radical (unpaired) electrons. The van der Waals surface area contributed by atoms with Gasteiger partial charge in [0.1, 0.15) is 5.30 Å². The second-order valence-electron chi connectivity index (χ2n) is 9.70. The zero-order valence-corrected chi connectivity index (χ0v) is 25.5. The number of nitrogens with zero attached hydrogens (tertiary/aromatic N) is 1. The Kier molecular flexibility index (Phi) is 12.2. The van der Waals surface area contributed by atoms with E-state index in [2.05, 4.69) is 96.1 Å². The molecule has 0 fully saturated rings. The van der Waals surface area contributed by atoms with Crippen molar-refractivity contribution in [3.63, 3.8) is 0 Å². The third kappa shape index (κ3) is 9.94. The number of benzene rings is 2. The SMILES string of the molecule is CC(C)(C)[PH+](c1ccccc1-c1ccccc1)C(C)(C)C.O=S(=O)([N-]S(=O)(=O)C(F)(F)F)C(F)(F)F.[Au]. The first kappa shape index (κ1) is 36.1. The first-order valence-corrected chi connectivity index (χ1v) is 14.7. The number of rotatable bonds is 4. The van der Waals surface area contributed by atoms with Crippen LogP contribution in [-0.4, -0.2) is 38.2 Å². The molecule has 0 unspecified atom stereocenters. The van der Waals surface area contributed by atoms with E-state index in [-0.39, 0.29) is 22.4 Å². The van der Waals surface area contributed by atoms with Crippen molar-refractivity contribution in [1.82, 2.24) is 0 Å². The largest absolute Gasteiger partial charge is 0.480 e. The molecule has 2 rings (SSSR count). The van der Waals surface area contributed by atoms with Crippen LogP contribution in [0.5, 0.6) is 0 Å². The molecule has 0 aliphatic carbocycles. The fraction of sp³-hybridized carbons (Fsp3) is 0.455. The van der Waals surface area contributed by atoms with Crippen LogP contribution >= 0.6 is 7.92 Å². The summed E-state index contributed by atoms with van der Waals surface area (Å²) in [6.45, 7) is 14.4. The minimum absolute atomic E-state index is 0. The van der Waals surface area contributed by atoms with E-state index in [4.69, 9.17) is 0 Å². The van der Waals surface area contributed by atoms with Gasteiger partial charge in [-0.2, -0.15) is 26.3 Å². The fourth-order valence-electron chi connectivity index (χ4n) is 3.72. The maximum atomic E-state index is 11.4. The number of alkyl halides is 6. The van der Waals surface area contributed by atoms with Gasteiger partial charge in [0.25, 0.3) is 0 Å².